The molecule has 2 N–H and O–H groups in total. The van der Waals surface area contributed by atoms with Crippen LogP contribution in [0.2, 0.25) is 0 Å². The molecule has 0 aliphatic heterocycles. The maximum Gasteiger partial charge on any atom is 0.414 e. The van der Waals surface area contributed by atoms with Crippen LogP contribution in [0.3, 0.4) is 0 Å². The summed E-state index contributed by atoms with van der Waals surface area (Å²) in [6, 6.07) is 15.0. The number of nitrogens with zero attached hydrogens (tertiary/aromatic N) is 2. The van der Waals surface area contributed by atoms with Crippen LogP contribution in [0.1, 0.15) is 11.1 Å². The molecule has 3 aromatic carbocycles. The first-order valence-corrected chi connectivity index (χ1v) is 10.7. The molecule has 0 saturated heterocycles. The van der Waals surface area contributed by atoms with Crippen molar-refractivity contribution in [2.24, 2.45) is 0 Å². The van der Waals surface area contributed by atoms with Gasteiger partial charge in [0.15, 0.2) is 0 Å². The highest BCUT2D eigenvalue weighted by atomic mass is 16.6. The standard InChI is InChI=1S/C25H27N3O6/c1-27(2)25(33)34-18-11-9-17(10-12-18)15-19(24(31)32)26-20-21(23(30)22(20)29)28(3)14-13-16-7-5-4-6-8-16/h4-12,19,26H,13-15H2,1-3H3,(H,31,32)/t19-/m0/s1. The Bertz CT molecular complexity index is 1210. The minimum absolute atomic E-state index is 0.0181. The van der Waals surface area contributed by atoms with E-state index >= 15 is 0 Å². The lowest BCUT2D eigenvalue weighted by Gasteiger charge is -2.25. The topological polar surface area (TPSA) is 116 Å². The van der Waals surface area contributed by atoms with Crippen molar-refractivity contribution < 1.29 is 19.4 Å². The van der Waals surface area contributed by atoms with Crippen LogP contribution >= 0.6 is 0 Å². The lowest BCUT2D eigenvalue weighted by atomic mass is 10.0. The highest BCUT2D eigenvalue weighted by Gasteiger charge is 2.28. The van der Waals surface area contributed by atoms with Crippen LogP contribution < -0.4 is 25.8 Å². The normalized spacial score (nSPS) is 11.6. The number of amides is 1. The Morgan fingerprint density at radius 3 is 2.18 bits per heavy atom. The number of aliphatic carboxylic acids is 1. The third-order valence-electron chi connectivity index (χ3n) is 5.40. The zero-order chi connectivity index (χ0) is 24.8. The van der Waals surface area contributed by atoms with Crippen LogP contribution in [-0.4, -0.2) is 55.8 Å². The number of rotatable bonds is 10. The van der Waals surface area contributed by atoms with Crippen molar-refractivity contribution in [2.75, 3.05) is 37.9 Å². The number of carbonyl (C=O) groups is 2. The summed E-state index contributed by atoms with van der Waals surface area (Å²) in [4.78, 5) is 50.9. The fourth-order valence-corrected chi connectivity index (χ4v) is 3.43. The number of carboxylic acids is 1. The van der Waals surface area contributed by atoms with Gasteiger partial charge < -0.3 is 25.0 Å². The number of hydrogen-bond donors (Lipinski definition) is 2. The Balaban J connectivity index is 1.68. The van der Waals surface area contributed by atoms with E-state index in [4.69, 9.17) is 4.74 Å². The molecule has 0 heterocycles. The Labute approximate surface area is 196 Å². The summed E-state index contributed by atoms with van der Waals surface area (Å²) in [6.45, 7) is 0.494. The lowest BCUT2D eigenvalue weighted by Crippen LogP contribution is -2.45. The van der Waals surface area contributed by atoms with Crippen molar-refractivity contribution in [3.8, 4) is 5.75 Å². The van der Waals surface area contributed by atoms with E-state index in [1.807, 2.05) is 30.3 Å². The van der Waals surface area contributed by atoms with E-state index < -0.39 is 29.0 Å². The first-order valence-electron chi connectivity index (χ1n) is 10.7. The van der Waals surface area contributed by atoms with Crippen LogP contribution in [0, 0.1) is 0 Å². The van der Waals surface area contributed by atoms with Crippen molar-refractivity contribution in [3.63, 3.8) is 0 Å². The molecule has 9 heteroatoms. The predicted octanol–water partition coefficient (Wildman–Crippen LogP) is 2.13. The quantitative estimate of drug-likeness (QED) is 0.438. The summed E-state index contributed by atoms with van der Waals surface area (Å²) >= 11 is 0. The minimum atomic E-state index is -1.16. The van der Waals surface area contributed by atoms with E-state index in [0.717, 1.165) is 5.56 Å². The van der Waals surface area contributed by atoms with Gasteiger partial charge in [-0.2, -0.15) is 0 Å². The maximum atomic E-state index is 12.2. The highest BCUT2D eigenvalue weighted by molar-refractivity contribution is 5.83. The molecule has 0 bridgehead atoms. The number of nitrogens with one attached hydrogen (secondary N) is 1. The minimum Gasteiger partial charge on any atom is -0.480 e. The molecule has 0 unspecified atom stereocenters. The molecule has 1 amide bonds. The average Bonchev–Trinajstić information content (AvgIpc) is 2.82. The van der Waals surface area contributed by atoms with Crippen LogP contribution in [0.4, 0.5) is 16.2 Å². The second-order valence-electron chi connectivity index (χ2n) is 8.18. The van der Waals surface area contributed by atoms with E-state index in [1.165, 1.54) is 4.90 Å². The summed E-state index contributed by atoms with van der Waals surface area (Å²) in [7, 11) is 4.83. The van der Waals surface area contributed by atoms with Gasteiger partial charge in [-0.05, 0) is 29.7 Å². The van der Waals surface area contributed by atoms with Crippen molar-refractivity contribution in [1.82, 2.24) is 4.90 Å². The smallest absolute Gasteiger partial charge is 0.414 e. The molecule has 0 saturated carbocycles. The van der Waals surface area contributed by atoms with E-state index in [1.54, 1.807) is 50.3 Å². The van der Waals surface area contributed by atoms with Crippen LogP contribution in [-0.2, 0) is 17.6 Å². The van der Waals surface area contributed by atoms with Crippen molar-refractivity contribution in [1.29, 1.82) is 0 Å². The van der Waals surface area contributed by atoms with E-state index in [-0.39, 0.29) is 17.8 Å². The zero-order valence-electron chi connectivity index (χ0n) is 19.3. The molecular weight excluding hydrogens is 438 g/mol. The number of carboxylic acid groups (broad SMARTS) is 1. The Morgan fingerprint density at radius 2 is 1.59 bits per heavy atom. The molecule has 178 valence electrons. The van der Waals surface area contributed by atoms with Gasteiger partial charge in [0.05, 0.1) is 0 Å². The van der Waals surface area contributed by atoms with Crippen molar-refractivity contribution >= 4 is 23.4 Å². The van der Waals surface area contributed by atoms with Gasteiger partial charge in [-0.15, -0.1) is 0 Å². The predicted molar refractivity (Wildman–Crippen MR) is 130 cm³/mol. The van der Waals surface area contributed by atoms with Crippen molar-refractivity contribution in [3.05, 3.63) is 86.2 Å². The lowest BCUT2D eigenvalue weighted by molar-refractivity contribution is -0.137. The summed E-state index contributed by atoms with van der Waals surface area (Å²) in [5, 5.41) is 12.4. The van der Waals surface area contributed by atoms with Gasteiger partial charge in [0.25, 0.3) is 10.9 Å². The SMILES string of the molecule is CN(C)C(=O)Oc1ccc(C[C@H](Nc2c(N(C)CCc3ccccc3)c(=O)c2=O)C(=O)O)cc1. The number of hydrogen-bond acceptors (Lipinski definition) is 7. The molecular formula is C25H27N3O6. The molecule has 34 heavy (non-hydrogen) atoms. The number of carbonyl (C=O) groups excluding carboxylic acids is 1. The van der Waals surface area contributed by atoms with Gasteiger partial charge >= 0.3 is 12.1 Å². The molecule has 3 rings (SSSR count). The Morgan fingerprint density at radius 1 is 0.941 bits per heavy atom. The van der Waals surface area contributed by atoms with Gasteiger partial charge in [-0.25, -0.2) is 9.59 Å². The molecule has 0 aliphatic rings. The highest BCUT2D eigenvalue weighted by Crippen LogP contribution is 2.22. The van der Waals surface area contributed by atoms with Crippen LogP contribution in [0.25, 0.3) is 0 Å². The number of benzene rings is 2. The van der Waals surface area contributed by atoms with E-state index in [9.17, 15) is 24.3 Å². The van der Waals surface area contributed by atoms with Gasteiger partial charge in [-0.3, -0.25) is 9.59 Å². The van der Waals surface area contributed by atoms with Gasteiger partial charge in [0.1, 0.15) is 23.2 Å². The van der Waals surface area contributed by atoms with Gasteiger partial charge in [0, 0.05) is 34.1 Å². The Kier molecular flexibility index (Phi) is 7.68. The molecule has 0 radical (unpaired) electrons. The summed E-state index contributed by atoms with van der Waals surface area (Å²) in [5.41, 5.74) is 0.601. The molecule has 0 aliphatic carbocycles. The summed E-state index contributed by atoms with van der Waals surface area (Å²) < 4.78 is 5.16. The molecule has 0 spiro atoms. The fourth-order valence-electron chi connectivity index (χ4n) is 3.43. The van der Waals surface area contributed by atoms with Crippen LogP contribution in [0.5, 0.6) is 5.75 Å². The average molecular weight is 466 g/mol. The number of anilines is 2. The Hall–Kier alpha value is -4.14. The number of likely N-dealkylation sites (N-methyl/N-ethyl adjacent to an activating group) is 1. The first-order chi connectivity index (χ1) is 16.2. The fraction of sp³-hybridized carbons (Fsp3) is 0.280. The third-order valence-corrected chi connectivity index (χ3v) is 5.40. The second kappa shape index (κ2) is 10.7. The largest absolute Gasteiger partial charge is 0.480 e. The first kappa shape index (κ1) is 24.5. The monoisotopic (exact) mass is 465 g/mol. The van der Waals surface area contributed by atoms with Crippen LogP contribution in [0.15, 0.2) is 64.2 Å². The molecule has 3 aromatic rings. The van der Waals surface area contributed by atoms with E-state index in [2.05, 4.69) is 5.32 Å². The van der Waals surface area contributed by atoms with Gasteiger partial charge in [0.2, 0.25) is 0 Å². The summed E-state index contributed by atoms with van der Waals surface area (Å²) in [6.07, 6.45) is 0.202. The third kappa shape index (κ3) is 5.80. The molecule has 1 atom stereocenters. The molecule has 0 aromatic heterocycles. The molecule has 9 nitrogen and oxygen atoms in total. The zero-order valence-corrected chi connectivity index (χ0v) is 19.3. The van der Waals surface area contributed by atoms with Gasteiger partial charge in [-0.1, -0.05) is 42.5 Å². The van der Waals surface area contributed by atoms with Crippen molar-refractivity contribution in [2.45, 2.75) is 18.9 Å². The van der Waals surface area contributed by atoms with E-state index in [0.29, 0.717) is 24.3 Å². The molecule has 0 fully saturated rings. The summed E-state index contributed by atoms with van der Waals surface area (Å²) in [5.74, 6) is -0.832. The number of ether oxygens (including phenoxy) is 1. The second-order valence-corrected chi connectivity index (χ2v) is 8.18. The maximum absolute atomic E-state index is 12.2.